The number of anilines is 1. The Morgan fingerprint density at radius 3 is 2.88 bits per heavy atom. The third kappa shape index (κ3) is 6.40. The van der Waals surface area contributed by atoms with E-state index >= 15 is 0 Å². The molecule has 0 aromatic carbocycles. The molecular formula is C11H14N4OS. The van der Waals surface area contributed by atoms with E-state index in [0.29, 0.717) is 13.1 Å². The fraction of sp³-hybridized carbons (Fsp3) is 0.364. The molecule has 2 amide bonds. The molecule has 6 heteroatoms. The number of isothiocyanates is 1. The molecule has 0 bridgehead atoms. The van der Waals surface area contributed by atoms with Gasteiger partial charge in [0.1, 0.15) is 0 Å². The molecular weight excluding hydrogens is 236 g/mol. The molecule has 0 saturated heterocycles. The molecule has 1 heterocycles. The third-order valence-corrected chi connectivity index (χ3v) is 2.11. The first-order chi connectivity index (χ1) is 8.33. The fourth-order valence-electron chi connectivity index (χ4n) is 1.17. The van der Waals surface area contributed by atoms with Crippen molar-refractivity contribution in [2.75, 3.05) is 18.4 Å². The van der Waals surface area contributed by atoms with Gasteiger partial charge in [-0.1, -0.05) is 0 Å². The Morgan fingerprint density at radius 1 is 1.41 bits per heavy atom. The summed E-state index contributed by atoms with van der Waals surface area (Å²) in [6.45, 7) is 1.28. The van der Waals surface area contributed by atoms with Crippen molar-refractivity contribution in [2.45, 2.75) is 12.8 Å². The molecule has 1 aromatic heterocycles. The van der Waals surface area contributed by atoms with E-state index in [1.165, 1.54) is 0 Å². The minimum Gasteiger partial charge on any atom is -0.338 e. The van der Waals surface area contributed by atoms with E-state index in [1.54, 1.807) is 24.5 Å². The summed E-state index contributed by atoms with van der Waals surface area (Å²) in [6, 6.07) is 3.25. The normalized spacial score (nSPS) is 9.18. The number of aliphatic imine (C=N–C) groups is 1. The number of rotatable bonds is 6. The number of urea groups is 1. The third-order valence-electron chi connectivity index (χ3n) is 1.98. The van der Waals surface area contributed by atoms with Gasteiger partial charge in [0, 0.05) is 31.2 Å². The van der Waals surface area contributed by atoms with E-state index in [2.05, 4.69) is 38.0 Å². The van der Waals surface area contributed by atoms with Crippen molar-refractivity contribution in [3.63, 3.8) is 0 Å². The molecule has 17 heavy (non-hydrogen) atoms. The lowest BCUT2D eigenvalue weighted by atomic mass is 10.3. The van der Waals surface area contributed by atoms with Crippen molar-refractivity contribution in [3.8, 4) is 0 Å². The molecule has 0 aliphatic rings. The van der Waals surface area contributed by atoms with Crippen molar-refractivity contribution in [2.24, 2.45) is 4.99 Å². The zero-order chi connectivity index (χ0) is 12.3. The van der Waals surface area contributed by atoms with E-state index in [-0.39, 0.29) is 6.03 Å². The summed E-state index contributed by atoms with van der Waals surface area (Å²) < 4.78 is 0. The van der Waals surface area contributed by atoms with Crippen LogP contribution >= 0.6 is 12.2 Å². The highest BCUT2D eigenvalue weighted by Gasteiger charge is 1.99. The van der Waals surface area contributed by atoms with Crippen molar-refractivity contribution in [3.05, 3.63) is 24.5 Å². The summed E-state index contributed by atoms with van der Waals surface area (Å²) in [7, 11) is 0. The van der Waals surface area contributed by atoms with Crippen molar-refractivity contribution in [1.82, 2.24) is 10.3 Å². The highest BCUT2D eigenvalue weighted by atomic mass is 32.1. The lowest BCUT2D eigenvalue weighted by Gasteiger charge is -2.06. The Hall–Kier alpha value is -1.78. The van der Waals surface area contributed by atoms with Gasteiger partial charge in [-0.05, 0) is 37.2 Å². The Balaban J connectivity index is 2.11. The van der Waals surface area contributed by atoms with E-state index in [1.807, 2.05) is 0 Å². The number of nitrogens with zero attached hydrogens (tertiary/aromatic N) is 2. The Kier molecular flexibility index (Phi) is 6.55. The largest absolute Gasteiger partial charge is 0.338 e. The van der Waals surface area contributed by atoms with E-state index in [4.69, 9.17) is 0 Å². The van der Waals surface area contributed by atoms with Crippen LogP contribution in [0.5, 0.6) is 0 Å². The number of unbranched alkanes of at least 4 members (excludes halogenated alkanes) is 1. The molecule has 0 aliphatic heterocycles. The maximum absolute atomic E-state index is 11.4. The van der Waals surface area contributed by atoms with Crippen LogP contribution in [0.25, 0.3) is 0 Å². The summed E-state index contributed by atoms with van der Waals surface area (Å²) in [5.41, 5.74) is 0.725. The molecule has 1 aromatic rings. The first-order valence-corrected chi connectivity index (χ1v) is 5.72. The molecule has 0 unspecified atom stereocenters. The summed E-state index contributed by atoms with van der Waals surface area (Å²) >= 11 is 4.44. The van der Waals surface area contributed by atoms with Crippen LogP contribution in [-0.2, 0) is 0 Å². The van der Waals surface area contributed by atoms with Gasteiger partial charge in [0.15, 0.2) is 0 Å². The number of hydrogen-bond donors (Lipinski definition) is 2. The predicted molar refractivity (Wildman–Crippen MR) is 70.4 cm³/mol. The second-order valence-electron chi connectivity index (χ2n) is 3.30. The molecule has 0 spiro atoms. The summed E-state index contributed by atoms with van der Waals surface area (Å²) in [6.07, 6.45) is 5.00. The second kappa shape index (κ2) is 8.38. The van der Waals surface area contributed by atoms with E-state index in [0.717, 1.165) is 18.5 Å². The van der Waals surface area contributed by atoms with Gasteiger partial charge in [-0.3, -0.25) is 4.98 Å². The minimum atomic E-state index is -0.213. The van der Waals surface area contributed by atoms with Gasteiger partial charge in [0.05, 0.1) is 5.16 Å². The number of hydrogen-bond acceptors (Lipinski definition) is 4. The average molecular weight is 250 g/mol. The highest BCUT2D eigenvalue weighted by Crippen LogP contribution is 2.02. The van der Waals surface area contributed by atoms with Crippen molar-refractivity contribution in [1.29, 1.82) is 0 Å². The van der Waals surface area contributed by atoms with Crippen LogP contribution in [0.1, 0.15) is 12.8 Å². The van der Waals surface area contributed by atoms with Gasteiger partial charge < -0.3 is 10.6 Å². The lowest BCUT2D eigenvalue weighted by Crippen LogP contribution is -2.29. The molecule has 0 fully saturated rings. The number of amides is 2. The van der Waals surface area contributed by atoms with Gasteiger partial charge in [-0.2, -0.15) is 0 Å². The SMILES string of the molecule is O=C(NCCCCN=C=S)Nc1ccncc1. The quantitative estimate of drug-likeness (QED) is 0.461. The van der Waals surface area contributed by atoms with Gasteiger partial charge in [-0.15, -0.1) is 0 Å². The van der Waals surface area contributed by atoms with Gasteiger partial charge in [0.2, 0.25) is 0 Å². The summed E-state index contributed by atoms with van der Waals surface area (Å²) in [5.74, 6) is 0. The molecule has 1 rings (SSSR count). The van der Waals surface area contributed by atoms with Crippen LogP contribution in [0.4, 0.5) is 10.5 Å². The zero-order valence-corrected chi connectivity index (χ0v) is 10.2. The Morgan fingerprint density at radius 2 is 2.18 bits per heavy atom. The van der Waals surface area contributed by atoms with Gasteiger partial charge in [0.25, 0.3) is 0 Å². The van der Waals surface area contributed by atoms with E-state index < -0.39 is 0 Å². The molecule has 0 aliphatic carbocycles. The minimum absolute atomic E-state index is 0.213. The number of aromatic nitrogens is 1. The van der Waals surface area contributed by atoms with Crippen molar-refractivity contribution < 1.29 is 4.79 Å². The maximum Gasteiger partial charge on any atom is 0.319 e. The highest BCUT2D eigenvalue weighted by molar-refractivity contribution is 7.78. The number of thiocarbonyl (C=S) groups is 1. The molecule has 90 valence electrons. The number of carbonyl (C=O) groups is 1. The fourth-order valence-corrected chi connectivity index (χ4v) is 1.27. The van der Waals surface area contributed by atoms with Crippen LogP contribution in [-0.4, -0.2) is 29.3 Å². The topological polar surface area (TPSA) is 66.4 Å². The number of nitrogens with one attached hydrogen (secondary N) is 2. The van der Waals surface area contributed by atoms with Crippen LogP contribution in [0.15, 0.2) is 29.5 Å². The smallest absolute Gasteiger partial charge is 0.319 e. The number of pyridine rings is 1. The zero-order valence-electron chi connectivity index (χ0n) is 9.35. The van der Waals surface area contributed by atoms with Crippen LogP contribution in [0, 0.1) is 0 Å². The molecule has 0 saturated carbocycles. The molecule has 0 radical (unpaired) electrons. The van der Waals surface area contributed by atoms with Crippen LogP contribution in [0.3, 0.4) is 0 Å². The molecule has 2 N–H and O–H groups in total. The van der Waals surface area contributed by atoms with Gasteiger partial charge in [-0.25, -0.2) is 9.79 Å². The van der Waals surface area contributed by atoms with Crippen LogP contribution < -0.4 is 10.6 Å². The maximum atomic E-state index is 11.4. The standard InChI is InChI=1S/C11H14N4OS/c16-11(14-6-2-1-5-13-9-17)15-10-3-7-12-8-4-10/h3-4,7-8H,1-2,5-6H2,(H2,12,14,15,16). The van der Waals surface area contributed by atoms with E-state index in [9.17, 15) is 4.79 Å². The van der Waals surface area contributed by atoms with Crippen molar-refractivity contribution >= 4 is 29.1 Å². The second-order valence-corrected chi connectivity index (χ2v) is 3.48. The first-order valence-electron chi connectivity index (χ1n) is 5.31. The molecule has 5 nitrogen and oxygen atoms in total. The lowest BCUT2D eigenvalue weighted by molar-refractivity contribution is 0.252. The van der Waals surface area contributed by atoms with Crippen LogP contribution in [0.2, 0.25) is 0 Å². The predicted octanol–water partition coefficient (Wildman–Crippen LogP) is 2.09. The number of carbonyl (C=O) groups excluding carboxylic acids is 1. The summed E-state index contributed by atoms with van der Waals surface area (Å²) in [4.78, 5) is 19.1. The first kappa shape index (κ1) is 13.3. The Labute approximate surface area is 105 Å². The molecule has 0 atom stereocenters. The monoisotopic (exact) mass is 250 g/mol. The average Bonchev–Trinajstić information content (AvgIpc) is 2.35. The Bertz CT molecular complexity index is 390. The summed E-state index contributed by atoms with van der Waals surface area (Å²) in [5, 5.41) is 7.75. The van der Waals surface area contributed by atoms with Gasteiger partial charge >= 0.3 is 6.03 Å².